The summed E-state index contributed by atoms with van der Waals surface area (Å²) >= 11 is 0. The highest BCUT2D eigenvalue weighted by Crippen LogP contribution is 2.33. The van der Waals surface area contributed by atoms with Crippen LogP contribution in [-0.4, -0.2) is 29.0 Å². The highest BCUT2D eigenvalue weighted by atomic mass is 16.5. The number of carbonyl (C=O) groups excluding carboxylic acids is 1. The Labute approximate surface area is 123 Å². The van der Waals surface area contributed by atoms with Gasteiger partial charge in [0, 0.05) is 24.7 Å². The Hall–Kier alpha value is -2.30. The van der Waals surface area contributed by atoms with Crippen molar-refractivity contribution in [1.82, 2.24) is 9.78 Å². The van der Waals surface area contributed by atoms with E-state index in [0.717, 1.165) is 17.7 Å². The number of nitrogens with zero attached hydrogens (tertiary/aromatic N) is 2. The van der Waals surface area contributed by atoms with E-state index in [1.807, 2.05) is 24.3 Å². The Kier molecular flexibility index (Phi) is 3.64. The highest BCUT2D eigenvalue weighted by Gasteiger charge is 2.23. The predicted molar refractivity (Wildman–Crippen MR) is 77.5 cm³/mol. The number of carbonyl (C=O) groups is 1. The number of benzene rings is 1. The van der Waals surface area contributed by atoms with Crippen molar-refractivity contribution in [3.8, 4) is 5.75 Å². The number of rotatable bonds is 3. The zero-order valence-electron chi connectivity index (χ0n) is 12.2. The van der Waals surface area contributed by atoms with E-state index >= 15 is 0 Å². The van der Waals surface area contributed by atoms with Crippen LogP contribution in [0.2, 0.25) is 0 Å². The normalized spacial score (nSPS) is 17.0. The minimum Gasteiger partial charge on any atom is -0.493 e. The summed E-state index contributed by atoms with van der Waals surface area (Å²) in [5, 5.41) is 4.16. The van der Waals surface area contributed by atoms with Gasteiger partial charge in [0.25, 0.3) is 0 Å². The number of para-hydroxylation sites is 1. The van der Waals surface area contributed by atoms with Crippen LogP contribution in [0.1, 0.15) is 34.0 Å². The first-order valence-corrected chi connectivity index (χ1v) is 7.04. The summed E-state index contributed by atoms with van der Waals surface area (Å²) < 4.78 is 12.7. The van der Waals surface area contributed by atoms with Gasteiger partial charge in [-0.05, 0) is 19.4 Å². The molecule has 0 saturated carbocycles. The number of fused-ring (bicyclic) bond motifs is 1. The zero-order chi connectivity index (χ0) is 14.8. The lowest BCUT2D eigenvalue weighted by Gasteiger charge is -2.25. The molecule has 1 unspecified atom stereocenters. The molecule has 110 valence electrons. The van der Waals surface area contributed by atoms with Crippen molar-refractivity contribution in [3.05, 3.63) is 47.3 Å². The highest BCUT2D eigenvalue weighted by molar-refractivity contribution is 5.90. The molecule has 0 saturated heterocycles. The molecule has 0 amide bonds. The van der Waals surface area contributed by atoms with E-state index < -0.39 is 0 Å². The van der Waals surface area contributed by atoms with Gasteiger partial charge in [-0.25, -0.2) is 4.79 Å². The molecule has 0 fully saturated rings. The van der Waals surface area contributed by atoms with E-state index in [4.69, 9.17) is 9.47 Å². The standard InChI is InChI=1S/C16H18N2O3/c1-11-14(9-18(2)17-11)16(19)21-10-12-7-8-20-15-6-4-3-5-13(12)15/h3-6,9,12H,7-8,10H2,1-2H3. The lowest BCUT2D eigenvalue weighted by molar-refractivity contribution is 0.0458. The fourth-order valence-electron chi connectivity index (χ4n) is 2.64. The maximum atomic E-state index is 12.1. The van der Waals surface area contributed by atoms with Crippen molar-refractivity contribution in [1.29, 1.82) is 0 Å². The fourth-order valence-corrected chi connectivity index (χ4v) is 2.64. The molecule has 2 aromatic rings. The van der Waals surface area contributed by atoms with Gasteiger partial charge in [-0.1, -0.05) is 18.2 Å². The lowest BCUT2D eigenvalue weighted by atomic mass is 9.94. The van der Waals surface area contributed by atoms with Crippen molar-refractivity contribution < 1.29 is 14.3 Å². The summed E-state index contributed by atoms with van der Waals surface area (Å²) in [6.07, 6.45) is 2.55. The van der Waals surface area contributed by atoms with Gasteiger partial charge in [-0.3, -0.25) is 4.68 Å². The van der Waals surface area contributed by atoms with Crippen LogP contribution in [0.3, 0.4) is 0 Å². The number of hydrogen-bond acceptors (Lipinski definition) is 4. The molecule has 1 aromatic heterocycles. The monoisotopic (exact) mass is 286 g/mol. The third-order valence-electron chi connectivity index (χ3n) is 3.73. The van der Waals surface area contributed by atoms with E-state index in [2.05, 4.69) is 5.10 Å². The van der Waals surface area contributed by atoms with E-state index in [1.54, 1.807) is 24.9 Å². The average Bonchev–Trinajstić information content (AvgIpc) is 2.83. The van der Waals surface area contributed by atoms with Crippen molar-refractivity contribution in [2.24, 2.45) is 7.05 Å². The third-order valence-corrected chi connectivity index (χ3v) is 3.73. The van der Waals surface area contributed by atoms with Gasteiger partial charge in [0.1, 0.15) is 11.3 Å². The number of aryl methyl sites for hydroxylation is 2. The Morgan fingerprint density at radius 2 is 2.29 bits per heavy atom. The Morgan fingerprint density at radius 3 is 3.05 bits per heavy atom. The maximum Gasteiger partial charge on any atom is 0.341 e. The van der Waals surface area contributed by atoms with Crippen LogP contribution in [0.25, 0.3) is 0 Å². The Bertz CT molecular complexity index is 663. The molecule has 5 heteroatoms. The summed E-state index contributed by atoms with van der Waals surface area (Å²) in [6, 6.07) is 7.91. The molecule has 1 aliphatic rings. The lowest BCUT2D eigenvalue weighted by Crippen LogP contribution is -2.20. The summed E-state index contributed by atoms with van der Waals surface area (Å²) in [6.45, 7) is 2.83. The maximum absolute atomic E-state index is 12.1. The number of ether oxygens (including phenoxy) is 2. The Balaban J connectivity index is 1.69. The molecule has 1 atom stereocenters. The molecule has 21 heavy (non-hydrogen) atoms. The summed E-state index contributed by atoms with van der Waals surface area (Å²) in [4.78, 5) is 12.1. The van der Waals surface area contributed by atoms with Gasteiger partial charge in [0.15, 0.2) is 0 Å². The second kappa shape index (κ2) is 5.60. The van der Waals surface area contributed by atoms with E-state index in [0.29, 0.717) is 24.5 Å². The van der Waals surface area contributed by atoms with Crippen molar-refractivity contribution in [2.45, 2.75) is 19.3 Å². The van der Waals surface area contributed by atoms with Gasteiger partial charge >= 0.3 is 5.97 Å². The number of hydrogen-bond donors (Lipinski definition) is 0. The molecular formula is C16H18N2O3. The molecule has 2 heterocycles. The van der Waals surface area contributed by atoms with Crippen LogP contribution in [0.15, 0.2) is 30.5 Å². The smallest absolute Gasteiger partial charge is 0.341 e. The van der Waals surface area contributed by atoms with Gasteiger partial charge in [0.05, 0.1) is 18.9 Å². The van der Waals surface area contributed by atoms with Crippen LogP contribution in [0.4, 0.5) is 0 Å². The average molecular weight is 286 g/mol. The van der Waals surface area contributed by atoms with Crippen LogP contribution in [0.5, 0.6) is 5.75 Å². The van der Waals surface area contributed by atoms with Crippen LogP contribution in [-0.2, 0) is 11.8 Å². The van der Waals surface area contributed by atoms with E-state index in [1.165, 1.54) is 0 Å². The first-order chi connectivity index (χ1) is 10.1. The molecular weight excluding hydrogens is 268 g/mol. The number of esters is 1. The first kappa shape index (κ1) is 13.7. The van der Waals surface area contributed by atoms with Crippen molar-refractivity contribution >= 4 is 5.97 Å². The molecule has 0 radical (unpaired) electrons. The second-order valence-corrected chi connectivity index (χ2v) is 5.27. The molecule has 3 rings (SSSR count). The zero-order valence-corrected chi connectivity index (χ0v) is 12.2. The van der Waals surface area contributed by atoms with Crippen LogP contribution >= 0.6 is 0 Å². The Morgan fingerprint density at radius 1 is 1.48 bits per heavy atom. The van der Waals surface area contributed by atoms with E-state index in [9.17, 15) is 4.79 Å². The van der Waals surface area contributed by atoms with Crippen molar-refractivity contribution in [2.75, 3.05) is 13.2 Å². The second-order valence-electron chi connectivity index (χ2n) is 5.27. The summed E-state index contributed by atoms with van der Waals surface area (Å²) in [5.74, 6) is 0.766. The largest absolute Gasteiger partial charge is 0.493 e. The molecule has 5 nitrogen and oxygen atoms in total. The molecule has 0 aliphatic carbocycles. The minimum atomic E-state index is -0.315. The molecule has 1 aliphatic heterocycles. The molecule has 0 N–H and O–H groups in total. The molecule has 0 spiro atoms. The summed E-state index contributed by atoms with van der Waals surface area (Å²) in [7, 11) is 1.79. The SMILES string of the molecule is Cc1nn(C)cc1C(=O)OCC1CCOc2ccccc21. The van der Waals surface area contributed by atoms with Gasteiger partial charge in [-0.15, -0.1) is 0 Å². The van der Waals surface area contributed by atoms with E-state index in [-0.39, 0.29) is 11.9 Å². The first-order valence-electron chi connectivity index (χ1n) is 7.04. The van der Waals surface area contributed by atoms with Gasteiger partial charge in [0.2, 0.25) is 0 Å². The van der Waals surface area contributed by atoms with Crippen LogP contribution < -0.4 is 4.74 Å². The topological polar surface area (TPSA) is 53.4 Å². The van der Waals surface area contributed by atoms with Gasteiger partial charge in [-0.2, -0.15) is 5.10 Å². The predicted octanol–water partition coefficient (Wildman–Crippen LogP) is 2.45. The minimum absolute atomic E-state index is 0.191. The third kappa shape index (κ3) is 2.77. The van der Waals surface area contributed by atoms with Crippen molar-refractivity contribution in [3.63, 3.8) is 0 Å². The fraction of sp³-hybridized carbons (Fsp3) is 0.375. The van der Waals surface area contributed by atoms with Gasteiger partial charge < -0.3 is 9.47 Å². The number of aromatic nitrogens is 2. The molecule has 1 aromatic carbocycles. The molecule has 0 bridgehead atoms. The summed E-state index contributed by atoms with van der Waals surface area (Å²) in [5.41, 5.74) is 2.33. The van der Waals surface area contributed by atoms with Crippen LogP contribution in [0, 0.1) is 6.92 Å². The quantitative estimate of drug-likeness (QED) is 0.813.